The lowest BCUT2D eigenvalue weighted by Gasteiger charge is -1.96. The molecule has 0 fully saturated rings. The maximum Gasteiger partial charge on any atom is 0.214 e. The van der Waals surface area contributed by atoms with Crippen LogP contribution < -0.4 is 0 Å². The van der Waals surface area contributed by atoms with E-state index in [1.165, 1.54) is 0 Å². The van der Waals surface area contributed by atoms with Crippen molar-refractivity contribution in [3.05, 3.63) is 53.2 Å². The Balaban J connectivity index is 2.41. The molecule has 0 N–H and O–H groups in total. The van der Waals surface area contributed by atoms with Crippen molar-refractivity contribution in [1.82, 2.24) is 4.98 Å². The van der Waals surface area contributed by atoms with E-state index in [9.17, 15) is 4.79 Å². The minimum atomic E-state index is -0.0926. The van der Waals surface area contributed by atoms with Gasteiger partial charge in [-0.2, -0.15) is 0 Å². The van der Waals surface area contributed by atoms with E-state index in [0.717, 1.165) is 0 Å². The fraction of sp³-hybridized carbons (Fsp3) is 0.167. The molecule has 1 aromatic heterocycles. The first-order valence-electron chi connectivity index (χ1n) is 4.72. The zero-order valence-electron chi connectivity index (χ0n) is 8.65. The molecule has 0 atom stereocenters. The number of oxazole rings is 1. The first-order chi connectivity index (χ1) is 7.18. The number of nitrogens with zero attached hydrogens (tertiary/aromatic N) is 1. The molecule has 0 radical (unpaired) electrons. The van der Waals surface area contributed by atoms with Crippen molar-refractivity contribution in [1.29, 1.82) is 0 Å². The van der Waals surface area contributed by atoms with E-state index in [-0.39, 0.29) is 5.78 Å². The summed E-state index contributed by atoms with van der Waals surface area (Å²) in [7, 11) is 0. The summed E-state index contributed by atoms with van der Waals surface area (Å²) >= 11 is 0. The number of hydrogen-bond donors (Lipinski definition) is 0. The van der Waals surface area contributed by atoms with E-state index in [2.05, 4.69) is 4.98 Å². The molecule has 0 spiro atoms. The lowest BCUT2D eigenvalue weighted by Crippen LogP contribution is -2.03. The molecule has 3 nitrogen and oxygen atoms in total. The highest BCUT2D eigenvalue weighted by molar-refractivity contribution is 6.08. The van der Waals surface area contributed by atoms with E-state index < -0.39 is 0 Å². The second-order valence-corrected chi connectivity index (χ2v) is 3.33. The molecule has 1 aromatic carbocycles. The fourth-order valence-electron chi connectivity index (χ4n) is 1.47. The van der Waals surface area contributed by atoms with Gasteiger partial charge in [-0.1, -0.05) is 30.3 Å². The molecule has 0 saturated heterocycles. The van der Waals surface area contributed by atoms with Gasteiger partial charge < -0.3 is 4.42 Å². The summed E-state index contributed by atoms with van der Waals surface area (Å²) < 4.78 is 5.23. The average molecular weight is 201 g/mol. The minimum absolute atomic E-state index is 0.0926. The van der Waals surface area contributed by atoms with Gasteiger partial charge in [0, 0.05) is 12.5 Å². The van der Waals surface area contributed by atoms with Crippen molar-refractivity contribution in [2.45, 2.75) is 13.8 Å². The van der Waals surface area contributed by atoms with Gasteiger partial charge in [-0.25, -0.2) is 4.98 Å². The van der Waals surface area contributed by atoms with Crippen molar-refractivity contribution in [2.24, 2.45) is 0 Å². The van der Waals surface area contributed by atoms with Gasteiger partial charge in [0.05, 0.1) is 0 Å². The van der Waals surface area contributed by atoms with Crippen molar-refractivity contribution >= 4 is 5.78 Å². The summed E-state index contributed by atoms with van der Waals surface area (Å²) in [6.45, 7) is 3.48. The normalized spacial score (nSPS) is 10.3. The van der Waals surface area contributed by atoms with Crippen LogP contribution in [0.3, 0.4) is 0 Å². The lowest BCUT2D eigenvalue weighted by molar-refractivity contribution is 0.103. The lowest BCUT2D eigenvalue weighted by atomic mass is 10.1. The minimum Gasteiger partial charge on any atom is -0.446 e. The first kappa shape index (κ1) is 9.65. The van der Waals surface area contributed by atoms with Crippen LogP contribution >= 0.6 is 0 Å². The van der Waals surface area contributed by atoms with Crippen LogP contribution in [0.15, 0.2) is 34.7 Å². The summed E-state index contributed by atoms with van der Waals surface area (Å²) in [6, 6.07) is 9.07. The number of carbonyl (C=O) groups is 1. The highest BCUT2D eigenvalue weighted by Gasteiger charge is 2.16. The summed E-state index contributed by atoms with van der Waals surface area (Å²) in [6.07, 6.45) is 0. The van der Waals surface area contributed by atoms with Gasteiger partial charge in [-0.05, 0) is 6.92 Å². The van der Waals surface area contributed by atoms with Gasteiger partial charge >= 0.3 is 0 Å². The molecule has 0 aliphatic rings. The number of ketones is 1. The quantitative estimate of drug-likeness (QED) is 0.701. The number of benzene rings is 1. The molecule has 2 rings (SSSR count). The Morgan fingerprint density at radius 2 is 1.87 bits per heavy atom. The Hall–Kier alpha value is -1.90. The number of rotatable bonds is 2. The molecule has 0 aliphatic heterocycles. The first-order valence-corrected chi connectivity index (χ1v) is 4.72. The SMILES string of the molecule is Cc1nc(C(=O)c2ccccc2)c(C)o1. The maximum atomic E-state index is 12.0. The molecule has 0 saturated carbocycles. The Bertz CT molecular complexity index is 486. The number of carbonyl (C=O) groups excluding carboxylic acids is 1. The molecule has 1 heterocycles. The van der Waals surface area contributed by atoms with Gasteiger partial charge in [0.1, 0.15) is 5.76 Å². The summed E-state index contributed by atoms with van der Waals surface area (Å²) in [4.78, 5) is 16.0. The summed E-state index contributed by atoms with van der Waals surface area (Å²) in [5, 5.41) is 0. The van der Waals surface area contributed by atoms with Crippen LogP contribution in [0.4, 0.5) is 0 Å². The Labute approximate surface area is 87.8 Å². The van der Waals surface area contributed by atoms with Crippen LogP contribution in [-0.4, -0.2) is 10.8 Å². The molecular formula is C12H11NO2. The van der Waals surface area contributed by atoms with Crippen LogP contribution in [-0.2, 0) is 0 Å². The van der Waals surface area contributed by atoms with Crippen LogP contribution in [0.2, 0.25) is 0 Å². The number of hydrogen-bond acceptors (Lipinski definition) is 3. The largest absolute Gasteiger partial charge is 0.446 e. The molecular weight excluding hydrogens is 190 g/mol. The highest BCUT2D eigenvalue weighted by atomic mass is 16.4. The van der Waals surface area contributed by atoms with Gasteiger partial charge in [-0.3, -0.25) is 4.79 Å². The van der Waals surface area contributed by atoms with Crippen molar-refractivity contribution < 1.29 is 9.21 Å². The van der Waals surface area contributed by atoms with Gasteiger partial charge in [0.25, 0.3) is 0 Å². The maximum absolute atomic E-state index is 12.0. The highest BCUT2D eigenvalue weighted by Crippen LogP contribution is 2.14. The van der Waals surface area contributed by atoms with E-state index in [0.29, 0.717) is 22.9 Å². The second kappa shape index (κ2) is 3.69. The van der Waals surface area contributed by atoms with E-state index in [1.54, 1.807) is 26.0 Å². The number of aromatic nitrogens is 1. The predicted molar refractivity (Wildman–Crippen MR) is 55.9 cm³/mol. The van der Waals surface area contributed by atoms with Gasteiger partial charge in [0.15, 0.2) is 11.6 Å². The standard InChI is InChI=1S/C12H11NO2/c1-8-11(13-9(2)15-8)12(14)10-6-4-3-5-7-10/h3-7H,1-2H3. The molecule has 15 heavy (non-hydrogen) atoms. The van der Waals surface area contributed by atoms with Crippen molar-refractivity contribution in [2.75, 3.05) is 0 Å². The van der Waals surface area contributed by atoms with E-state index in [1.807, 2.05) is 18.2 Å². The van der Waals surface area contributed by atoms with Crippen LogP contribution in [0.1, 0.15) is 27.7 Å². The smallest absolute Gasteiger partial charge is 0.214 e. The zero-order valence-corrected chi connectivity index (χ0v) is 8.65. The van der Waals surface area contributed by atoms with E-state index in [4.69, 9.17) is 4.42 Å². The van der Waals surface area contributed by atoms with Crippen LogP contribution in [0, 0.1) is 13.8 Å². The molecule has 2 aromatic rings. The van der Waals surface area contributed by atoms with Crippen LogP contribution in [0.5, 0.6) is 0 Å². The van der Waals surface area contributed by atoms with Crippen LogP contribution in [0.25, 0.3) is 0 Å². The topological polar surface area (TPSA) is 43.1 Å². The monoisotopic (exact) mass is 201 g/mol. The van der Waals surface area contributed by atoms with Gasteiger partial charge in [-0.15, -0.1) is 0 Å². The number of aryl methyl sites for hydroxylation is 2. The Morgan fingerprint density at radius 1 is 1.20 bits per heavy atom. The third-order valence-corrected chi connectivity index (χ3v) is 2.15. The average Bonchev–Trinajstić information content (AvgIpc) is 2.58. The van der Waals surface area contributed by atoms with Crippen molar-refractivity contribution in [3.8, 4) is 0 Å². The molecule has 0 unspecified atom stereocenters. The zero-order chi connectivity index (χ0) is 10.8. The second-order valence-electron chi connectivity index (χ2n) is 3.33. The Kier molecular flexibility index (Phi) is 2.37. The third-order valence-electron chi connectivity index (χ3n) is 2.15. The Morgan fingerprint density at radius 3 is 2.40 bits per heavy atom. The van der Waals surface area contributed by atoms with Crippen molar-refractivity contribution in [3.63, 3.8) is 0 Å². The molecule has 0 amide bonds. The summed E-state index contributed by atoms with van der Waals surface area (Å²) in [5.74, 6) is 0.998. The predicted octanol–water partition coefficient (Wildman–Crippen LogP) is 2.52. The third kappa shape index (κ3) is 1.81. The van der Waals surface area contributed by atoms with Gasteiger partial charge in [0.2, 0.25) is 5.78 Å². The molecule has 76 valence electrons. The molecule has 0 bridgehead atoms. The molecule has 3 heteroatoms. The fourth-order valence-corrected chi connectivity index (χ4v) is 1.47. The molecule has 0 aliphatic carbocycles. The summed E-state index contributed by atoms with van der Waals surface area (Å²) in [5.41, 5.74) is 1.03. The van der Waals surface area contributed by atoms with E-state index >= 15 is 0 Å².